The predicted molar refractivity (Wildman–Crippen MR) is 103 cm³/mol. The molecule has 6 nitrogen and oxygen atoms in total. The number of hydrogen-bond acceptors (Lipinski definition) is 3. The van der Waals surface area contributed by atoms with E-state index in [9.17, 15) is 9.59 Å². The van der Waals surface area contributed by atoms with E-state index in [1.807, 2.05) is 35.2 Å². The summed E-state index contributed by atoms with van der Waals surface area (Å²) < 4.78 is 1.47. The number of carbonyl (C=O) groups excluding carboxylic acids is 2. The zero-order valence-corrected chi connectivity index (χ0v) is 15.6. The van der Waals surface area contributed by atoms with E-state index in [2.05, 4.69) is 5.10 Å². The third-order valence-corrected chi connectivity index (χ3v) is 6.04. The lowest BCUT2D eigenvalue weighted by atomic mass is 9.69. The Labute approximate surface area is 159 Å². The molecule has 0 atom stereocenters. The van der Waals surface area contributed by atoms with E-state index < -0.39 is 5.91 Å². The summed E-state index contributed by atoms with van der Waals surface area (Å²) in [5.41, 5.74) is 7.05. The number of amides is 2. The first-order chi connectivity index (χ1) is 13.1. The summed E-state index contributed by atoms with van der Waals surface area (Å²) >= 11 is 0. The van der Waals surface area contributed by atoms with Gasteiger partial charge in [-0.25, -0.2) is 4.68 Å². The first-order valence-corrected chi connectivity index (χ1v) is 9.83. The van der Waals surface area contributed by atoms with E-state index in [0.29, 0.717) is 11.4 Å². The largest absolute Gasteiger partial charge is 0.364 e. The number of hydrogen-bond donors (Lipinski definition) is 1. The van der Waals surface area contributed by atoms with E-state index in [1.54, 1.807) is 0 Å². The fraction of sp³-hybridized carbons (Fsp3) is 0.476. The minimum absolute atomic E-state index is 0.100. The highest BCUT2D eigenvalue weighted by atomic mass is 16.2. The molecule has 4 rings (SSSR count). The first-order valence-electron chi connectivity index (χ1n) is 9.83. The molecule has 142 valence electrons. The molecule has 1 aromatic carbocycles. The Morgan fingerprint density at radius 3 is 2.41 bits per heavy atom. The fourth-order valence-electron chi connectivity index (χ4n) is 4.68. The number of aromatic nitrogens is 2. The van der Waals surface area contributed by atoms with Crippen molar-refractivity contribution < 1.29 is 9.59 Å². The number of rotatable bonds is 3. The molecule has 0 bridgehead atoms. The molecule has 1 saturated carbocycles. The van der Waals surface area contributed by atoms with Crippen LogP contribution in [0.25, 0.3) is 5.69 Å². The second-order valence-corrected chi connectivity index (χ2v) is 7.92. The normalized spacial score (nSPS) is 19.2. The molecule has 1 aliphatic carbocycles. The van der Waals surface area contributed by atoms with Crippen molar-refractivity contribution in [1.29, 1.82) is 0 Å². The minimum atomic E-state index is -0.590. The number of benzene rings is 1. The molecule has 1 aromatic heterocycles. The molecule has 2 N–H and O–H groups in total. The molecule has 2 fully saturated rings. The monoisotopic (exact) mass is 366 g/mol. The lowest BCUT2D eigenvalue weighted by Crippen LogP contribution is -2.47. The highest BCUT2D eigenvalue weighted by Crippen LogP contribution is 2.43. The third kappa shape index (κ3) is 3.48. The molecule has 6 heteroatoms. The van der Waals surface area contributed by atoms with Crippen LogP contribution in [0.2, 0.25) is 0 Å². The van der Waals surface area contributed by atoms with Gasteiger partial charge in [0.05, 0.1) is 5.69 Å². The highest BCUT2D eigenvalue weighted by molar-refractivity contribution is 5.97. The standard InChI is InChI=1S/C21H26N4O2/c22-19(26)18-14-17(23-25(18)16-8-3-1-4-9-16)20(27)24-13-7-12-21(15-24)10-5-2-6-11-21/h1,3-4,8-9,14H,2,5-7,10-13,15H2,(H2,22,26). The van der Waals surface area contributed by atoms with E-state index in [-0.39, 0.29) is 17.0 Å². The number of primary amides is 1. The molecular weight excluding hydrogens is 340 g/mol. The molecule has 2 aromatic rings. The summed E-state index contributed by atoms with van der Waals surface area (Å²) in [5.74, 6) is -0.690. The van der Waals surface area contributed by atoms with Gasteiger partial charge >= 0.3 is 0 Å². The van der Waals surface area contributed by atoms with E-state index in [1.165, 1.54) is 49.3 Å². The lowest BCUT2D eigenvalue weighted by Gasteiger charge is -2.45. The molecule has 2 aliphatic rings. The van der Waals surface area contributed by atoms with Crippen LogP contribution >= 0.6 is 0 Å². The number of likely N-dealkylation sites (tertiary alicyclic amines) is 1. The van der Waals surface area contributed by atoms with Crippen LogP contribution in [-0.4, -0.2) is 39.6 Å². The van der Waals surface area contributed by atoms with Crippen LogP contribution in [-0.2, 0) is 0 Å². The lowest BCUT2D eigenvalue weighted by molar-refractivity contribution is 0.0379. The average Bonchev–Trinajstić information content (AvgIpc) is 3.14. The van der Waals surface area contributed by atoms with Crippen molar-refractivity contribution >= 4 is 11.8 Å². The number of carbonyl (C=O) groups is 2. The van der Waals surface area contributed by atoms with Gasteiger partial charge in [0.1, 0.15) is 5.69 Å². The molecular formula is C21H26N4O2. The summed E-state index contributed by atoms with van der Waals surface area (Å²) in [7, 11) is 0. The maximum atomic E-state index is 13.1. The van der Waals surface area contributed by atoms with Gasteiger partial charge in [0.2, 0.25) is 0 Å². The molecule has 1 aliphatic heterocycles. The second kappa shape index (κ2) is 7.18. The van der Waals surface area contributed by atoms with Gasteiger partial charge in [-0.05, 0) is 43.2 Å². The average molecular weight is 366 g/mol. The first kappa shape index (κ1) is 17.8. The van der Waals surface area contributed by atoms with Crippen molar-refractivity contribution in [3.05, 3.63) is 47.8 Å². The van der Waals surface area contributed by atoms with Crippen LogP contribution in [0.5, 0.6) is 0 Å². The number of nitrogens with two attached hydrogens (primary N) is 1. The summed E-state index contributed by atoms with van der Waals surface area (Å²) in [6.07, 6.45) is 8.49. The summed E-state index contributed by atoms with van der Waals surface area (Å²) in [5, 5.41) is 4.44. The van der Waals surface area contributed by atoms with Crippen molar-refractivity contribution in [2.75, 3.05) is 13.1 Å². The van der Waals surface area contributed by atoms with Crippen molar-refractivity contribution in [2.24, 2.45) is 11.1 Å². The minimum Gasteiger partial charge on any atom is -0.364 e. The maximum absolute atomic E-state index is 13.1. The maximum Gasteiger partial charge on any atom is 0.274 e. The molecule has 1 saturated heterocycles. The predicted octanol–water partition coefficient (Wildman–Crippen LogP) is 3.16. The molecule has 0 radical (unpaired) electrons. The van der Waals surface area contributed by atoms with E-state index >= 15 is 0 Å². The third-order valence-electron chi connectivity index (χ3n) is 6.04. The molecule has 1 spiro atoms. The van der Waals surface area contributed by atoms with Crippen molar-refractivity contribution in [1.82, 2.24) is 14.7 Å². The van der Waals surface area contributed by atoms with E-state index in [0.717, 1.165) is 19.5 Å². The Hall–Kier alpha value is -2.63. The van der Waals surface area contributed by atoms with Crippen molar-refractivity contribution in [2.45, 2.75) is 44.9 Å². The Kier molecular flexibility index (Phi) is 4.72. The SMILES string of the molecule is NC(=O)c1cc(C(=O)N2CCCC3(CCCCC3)C2)nn1-c1ccccc1. The van der Waals surface area contributed by atoms with Crippen molar-refractivity contribution in [3.8, 4) is 5.69 Å². The topological polar surface area (TPSA) is 81.2 Å². The summed E-state index contributed by atoms with van der Waals surface area (Å²) in [4.78, 5) is 27.0. The molecule has 2 heterocycles. The molecule has 0 unspecified atom stereocenters. The van der Waals surface area contributed by atoms with Gasteiger partial charge in [-0.15, -0.1) is 0 Å². The van der Waals surface area contributed by atoms with Gasteiger partial charge in [0.25, 0.3) is 11.8 Å². The highest BCUT2D eigenvalue weighted by Gasteiger charge is 2.38. The van der Waals surface area contributed by atoms with E-state index in [4.69, 9.17) is 5.73 Å². The van der Waals surface area contributed by atoms with Gasteiger partial charge in [0, 0.05) is 19.2 Å². The molecule has 2 amide bonds. The summed E-state index contributed by atoms with van der Waals surface area (Å²) in [6, 6.07) is 10.8. The van der Waals surface area contributed by atoms with Crippen LogP contribution in [0.3, 0.4) is 0 Å². The zero-order valence-electron chi connectivity index (χ0n) is 15.6. The number of piperidine rings is 1. The number of nitrogens with zero attached hydrogens (tertiary/aromatic N) is 3. The Bertz CT molecular complexity index is 832. The quantitative estimate of drug-likeness (QED) is 0.906. The van der Waals surface area contributed by atoms with Gasteiger partial charge in [-0.1, -0.05) is 37.5 Å². The Balaban J connectivity index is 1.61. The van der Waals surface area contributed by atoms with Gasteiger partial charge in [-0.2, -0.15) is 5.10 Å². The Morgan fingerprint density at radius 1 is 1.00 bits per heavy atom. The van der Waals surface area contributed by atoms with Crippen molar-refractivity contribution in [3.63, 3.8) is 0 Å². The van der Waals surface area contributed by atoms with Crippen LogP contribution in [0, 0.1) is 5.41 Å². The summed E-state index contributed by atoms with van der Waals surface area (Å²) in [6.45, 7) is 1.56. The fourth-order valence-corrected chi connectivity index (χ4v) is 4.68. The van der Waals surface area contributed by atoms with Crippen LogP contribution in [0.15, 0.2) is 36.4 Å². The second-order valence-electron chi connectivity index (χ2n) is 7.92. The zero-order chi connectivity index (χ0) is 18.9. The molecule has 27 heavy (non-hydrogen) atoms. The smallest absolute Gasteiger partial charge is 0.274 e. The Morgan fingerprint density at radius 2 is 1.70 bits per heavy atom. The van der Waals surface area contributed by atoms with Gasteiger partial charge in [-0.3, -0.25) is 9.59 Å². The van der Waals surface area contributed by atoms with Crippen LogP contribution < -0.4 is 5.73 Å². The van der Waals surface area contributed by atoms with Gasteiger partial charge in [0.15, 0.2) is 5.69 Å². The van der Waals surface area contributed by atoms with Gasteiger partial charge < -0.3 is 10.6 Å². The van der Waals surface area contributed by atoms with Crippen LogP contribution in [0.1, 0.15) is 65.9 Å². The van der Waals surface area contributed by atoms with Crippen LogP contribution in [0.4, 0.5) is 0 Å². The number of para-hydroxylation sites is 1.